The van der Waals surface area contributed by atoms with Crippen LogP contribution in [0.5, 0.6) is 5.75 Å². The Kier molecular flexibility index (Phi) is 8.43. The van der Waals surface area contributed by atoms with E-state index in [2.05, 4.69) is 0 Å². The standard InChI is InChI=1S/C16H21NO6.ClH/c1-5-17(6-2)12-8-7-11(16(21)22)15(23-10(4)19)13(12)14(20)9(3)18;/h7-9,18H,5-6H2,1-4H3,(H,21,22);1H. The van der Waals surface area contributed by atoms with Crippen molar-refractivity contribution in [1.29, 1.82) is 0 Å². The first kappa shape index (κ1) is 21.9. The van der Waals surface area contributed by atoms with Gasteiger partial charge in [-0.3, -0.25) is 9.59 Å². The van der Waals surface area contributed by atoms with Crippen LogP contribution in [0.1, 0.15) is 48.4 Å². The number of halogens is 1. The van der Waals surface area contributed by atoms with E-state index in [0.717, 1.165) is 6.92 Å². The summed E-state index contributed by atoms with van der Waals surface area (Å²) in [5.74, 6) is -3.11. The SMILES string of the molecule is CCN(CC)c1ccc(C(=O)O)c(OC(C)=O)c1C(=O)C(C)O.Cl. The number of carbonyl (C=O) groups is 3. The predicted molar refractivity (Wildman–Crippen MR) is 91.5 cm³/mol. The van der Waals surface area contributed by atoms with Crippen LogP contribution in [0.25, 0.3) is 0 Å². The maximum atomic E-state index is 12.4. The molecule has 0 aromatic heterocycles. The molecule has 0 saturated carbocycles. The number of hydrogen-bond acceptors (Lipinski definition) is 6. The molecule has 0 aliphatic rings. The number of rotatable bonds is 7. The fourth-order valence-corrected chi connectivity index (χ4v) is 2.27. The number of carboxylic acid groups (broad SMARTS) is 1. The van der Waals surface area contributed by atoms with Gasteiger partial charge in [-0.2, -0.15) is 0 Å². The molecule has 0 saturated heterocycles. The third-order valence-electron chi connectivity index (χ3n) is 3.34. The Morgan fingerprint density at radius 1 is 1.21 bits per heavy atom. The van der Waals surface area contributed by atoms with Gasteiger partial charge in [0, 0.05) is 20.0 Å². The lowest BCUT2D eigenvalue weighted by atomic mass is 9.99. The molecule has 0 fully saturated rings. The molecule has 0 bridgehead atoms. The van der Waals surface area contributed by atoms with Crippen LogP contribution in [0.2, 0.25) is 0 Å². The number of aliphatic hydroxyl groups is 1. The molecule has 0 aliphatic heterocycles. The number of ether oxygens (including phenoxy) is 1. The molecular weight excluding hydrogens is 338 g/mol. The number of benzene rings is 1. The summed E-state index contributed by atoms with van der Waals surface area (Å²) in [5, 5.41) is 18.9. The molecule has 24 heavy (non-hydrogen) atoms. The molecule has 0 spiro atoms. The lowest BCUT2D eigenvalue weighted by Crippen LogP contribution is -2.28. The predicted octanol–water partition coefficient (Wildman–Crippen LogP) is 2.14. The van der Waals surface area contributed by atoms with E-state index in [9.17, 15) is 24.6 Å². The molecule has 1 aromatic rings. The van der Waals surface area contributed by atoms with Crippen LogP contribution >= 0.6 is 12.4 Å². The zero-order valence-corrected chi connectivity index (χ0v) is 14.8. The van der Waals surface area contributed by atoms with Crippen molar-refractivity contribution in [3.05, 3.63) is 23.3 Å². The van der Waals surface area contributed by atoms with E-state index < -0.39 is 23.8 Å². The lowest BCUT2D eigenvalue weighted by molar-refractivity contribution is -0.131. The van der Waals surface area contributed by atoms with Crippen molar-refractivity contribution >= 4 is 35.8 Å². The van der Waals surface area contributed by atoms with Crippen LogP contribution < -0.4 is 9.64 Å². The Hall–Kier alpha value is -2.12. The summed E-state index contributed by atoms with van der Waals surface area (Å²) in [4.78, 5) is 37.0. The summed E-state index contributed by atoms with van der Waals surface area (Å²) < 4.78 is 5.01. The topological polar surface area (TPSA) is 104 Å². The number of aromatic carboxylic acids is 1. The summed E-state index contributed by atoms with van der Waals surface area (Å²) in [6, 6.07) is 2.77. The fourth-order valence-electron chi connectivity index (χ4n) is 2.27. The highest BCUT2D eigenvalue weighted by Gasteiger charge is 2.29. The first-order chi connectivity index (χ1) is 10.7. The number of anilines is 1. The molecule has 0 aliphatic carbocycles. The molecule has 1 aromatic carbocycles. The molecule has 1 unspecified atom stereocenters. The molecule has 1 atom stereocenters. The van der Waals surface area contributed by atoms with Gasteiger partial charge < -0.3 is 19.8 Å². The number of Topliss-reactive ketones (excluding diaryl/α,β-unsaturated/α-hetero) is 1. The average Bonchev–Trinajstić information content (AvgIpc) is 2.47. The minimum atomic E-state index is -1.36. The van der Waals surface area contributed by atoms with Gasteiger partial charge in [-0.05, 0) is 32.9 Å². The van der Waals surface area contributed by atoms with Crippen LogP contribution in [-0.4, -0.2) is 47.1 Å². The van der Waals surface area contributed by atoms with Gasteiger partial charge in [0.2, 0.25) is 0 Å². The van der Waals surface area contributed by atoms with Gasteiger partial charge in [0.05, 0.1) is 11.3 Å². The first-order valence-electron chi connectivity index (χ1n) is 7.30. The number of esters is 1. The average molecular weight is 360 g/mol. The second-order valence-electron chi connectivity index (χ2n) is 4.95. The second kappa shape index (κ2) is 9.24. The number of carbonyl (C=O) groups excluding carboxylic acids is 2. The van der Waals surface area contributed by atoms with E-state index in [1.54, 1.807) is 0 Å². The monoisotopic (exact) mass is 359 g/mol. The third-order valence-corrected chi connectivity index (χ3v) is 3.34. The number of ketones is 1. The van der Waals surface area contributed by atoms with E-state index in [-0.39, 0.29) is 29.3 Å². The van der Waals surface area contributed by atoms with Crippen LogP contribution in [0.15, 0.2) is 12.1 Å². The summed E-state index contributed by atoms with van der Waals surface area (Å²) in [6.07, 6.45) is -1.36. The van der Waals surface area contributed by atoms with E-state index in [1.165, 1.54) is 19.1 Å². The highest BCUT2D eigenvalue weighted by molar-refractivity contribution is 6.10. The Bertz CT molecular complexity index is 625. The van der Waals surface area contributed by atoms with Crippen molar-refractivity contribution < 1.29 is 29.3 Å². The van der Waals surface area contributed by atoms with Gasteiger partial charge in [0.25, 0.3) is 0 Å². The van der Waals surface area contributed by atoms with Gasteiger partial charge in [-0.1, -0.05) is 0 Å². The van der Waals surface area contributed by atoms with Gasteiger partial charge in [-0.15, -0.1) is 12.4 Å². The Balaban J connectivity index is 0.00000529. The summed E-state index contributed by atoms with van der Waals surface area (Å²) in [7, 11) is 0. The van der Waals surface area contributed by atoms with Crippen LogP contribution in [0.3, 0.4) is 0 Å². The Morgan fingerprint density at radius 2 is 1.75 bits per heavy atom. The zero-order valence-electron chi connectivity index (χ0n) is 14.0. The minimum absolute atomic E-state index is 0. The molecule has 0 heterocycles. The number of aliphatic hydroxyl groups excluding tert-OH is 1. The van der Waals surface area contributed by atoms with Crippen molar-refractivity contribution in [3.8, 4) is 5.75 Å². The molecule has 2 N–H and O–H groups in total. The van der Waals surface area contributed by atoms with Crippen molar-refractivity contribution in [2.24, 2.45) is 0 Å². The van der Waals surface area contributed by atoms with E-state index in [0.29, 0.717) is 18.8 Å². The number of hydrogen-bond donors (Lipinski definition) is 2. The summed E-state index contributed by atoms with van der Waals surface area (Å²) >= 11 is 0. The molecule has 7 nitrogen and oxygen atoms in total. The quantitative estimate of drug-likeness (QED) is 0.436. The molecule has 8 heteroatoms. The van der Waals surface area contributed by atoms with Gasteiger partial charge in [0.15, 0.2) is 11.5 Å². The lowest BCUT2D eigenvalue weighted by Gasteiger charge is -2.26. The normalized spacial score (nSPS) is 11.2. The number of nitrogens with zero attached hydrogens (tertiary/aromatic N) is 1. The van der Waals surface area contributed by atoms with Gasteiger partial charge in [-0.25, -0.2) is 4.79 Å². The van der Waals surface area contributed by atoms with E-state index in [1.807, 2.05) is 18.7 Å². The smallest absolute Gasteiger partial charge is 0.339 e. The zero-order chi connectivity index (χ0) is 17.7. The molecule has 0 radical (unpaired) electrons. The Labute approximate surface area is 146 Å². The van der Waals surface area contributed by atoms with Crippen molar-refractivity contribution in [2.75, 3.05) is 18.0 Å². The third kappa shape index (κ3) is 4.69. The summed E-state index contributed by atoms with van der Waals surface area (Å²) in [5.41, 5.74) is 0.0149. The highest BCUT2D eigenvalue weighted by Crippen LogP contribution is 2.34. The molecular formula is C16H22ClNO6. The Morgan fingerprint density at radius 3 is 2.12 bits per heavy atom. The second-order valence-corrected chi connectivity index (χ2v) is 4.95. The van der Waals surface area contributed by atoms with Crippen LogP contribution in [0.4, 0.5) is 5.69 Å². The molecule has 134 valence electrons. The van der Waals surface area contributed by atoms with Crippen LogP contribution in [0, 0.1) is 0 Å². The maximum Gasteiger partial charge on any atom is 0.339 e. The minimum Gasteiger partial charge on any atom is -0.478 e. The molecule has 1 rings (SSSR count). The van der Waals surface area contributed by atoms with Crippen molar-refractivity contribution in [2.45, 2.75) is 33.8 Å². The van der Waals surface area contributed by atoms with Crippen molar-refractivity contribution in [1.82, 2.24) is 0 Å². The summed E-state index contributed by atoms with van der Waals surface area (Å²) in [6.45, 7) is 7.25. The number of carboxylic acids is 1. The largest absolute Gasteiger partial charge is 0.478 e. The van der Waals surface area contributed by atoms with Crippen molar-refractivity contribution in [3.63, 3.8) is 0 Å². The van der Waals surface area contributed by atoms with Crippen LogP contribution in [-0.2, 0) is 4.79 Å². The van der Waals surface area contributed by atoms with Gasteiger partial charge in [0.1, 0.15) is 11.7 Å². The van der Waals surface area contributed by atoms with E-state index in [4.69, 9.17) is 4.74 Å². The fraction of sp³-hybridized carbons (Fsp3) is 0.438. The maximum absolute atomic E-state index is 12.4. The highest BCUT2D eigenvalue weighted by atomic mass is 35.5. The van der Waals surface area contributed by atoms with E-state index >= 15 is 0 Å². The van der Waals surface area contributed by atoms with Gasteiger partial charge >= 0.3 is 11.9 Å². The first-order valence-corrected chi connectivity index (χ1v) is 7.30. The molecule has 0 amide bonds.